The number of aromatic nitrogens is 2. The topological polar surface area (TPSA) is 87.6 Å². The van der Waals surface area contributed by atoms with Crippen LogP contribution in [-0.4, -0.2) is 53.3 Å². The van der Waals surface area contributed by atoms with Crippen molar-refractivity contribution in [2.24, 2.45) is 5.92 Å². The van der Waals surface area contributed by atoms with Crippen molar-refractivity contribution in [1.29, 1.82) is 0 Å². The van der Waals surface area contributed by atoms with Crippen LogP contribution in [0.3, 0.4) is 0 Å². The van der Waals surface area contributed by atoms with E-state index in [1.807, 2.05) is 13.0 Å². The zero-order valence-electron chi connectivity index (χ0n) is 14.9. The Morgan fingerprint density at radius 1 is 1.36 bits per heavy atom. The minimum atomic E-state index is -0.158. The molecule has 1 amide bonds. The highest BCUT2D eigenvalue weighted by Gasteiger charge is 2.27. The number of aliphatic hydroxyl groups excluding tert-OH is 1. The van der Waals surface area contributed by atoms with Crippen molar-refractivity contribution in [3.63, 3.8) is 0 Å². The molecule has 2 saturated heterocycles. The van der Waals surface area contributed by atoms with Crippen molar-refractivity contribution < 1.29 is 14.6 Å². The molecule has 25 heavy (non-hydrogen) atoms. The van der Waals surface area contributed by atoms with Crippen molar-refractivity contribution >= 4 is 11.7 Å². The molecule has 1 atom stereocenters. The standard InChI is InChI=1S/C18H28N4O3/c1-13-9-17(21-16(12-23)20-13)22-6-2-3-15(22)11-19-18(24)10-14-4-7-25-8-5-14/h9,14-15,23H,2-8,10-12H2,1H3,(H,19,24). The third-order valence-corrected chi connectivity index (χ3v) is 5.05. The first-order valence-electron chi connectivity index (χ1n) is 9.22. The summed E-state index contributed by atoms with van der Waals surface area (Å²) in [5.74, 6) is 1.88. The highest BCUT2D eigenvalue weighted by molar-refractivity contribution is 5.76. The fraction of sp³-hybridized carbons (Fsp3) is 0.722. The number of nitrogens with zero attached hydrogens (tertiary/aromatic N) is 3. The normalized spacial score (nSPS) is 21.5. The van der Waals surface area contributed by atoms with E-state index in [9.17, 15) is 9.90 Å². The molecular weight excluding hydrogens is 320 g/mol. The number of carbonyl (C=O) groups excluding carboxylic acids is 1. The molecule has 3 heterocycles. The van der Waals surface area contributed by atoms with Crippen LogP contribution < -0.4 is 10.2 Å². The number of nitrogens with one attached hydrogen (secondary N) is 1. The third-order valence-electron chi connectivity index (χ3n) is 5.05. The Hall–Kier alpha value is -1.73. The number of hydrogen-bond donors (Lipinski definition) is 2. The molecule has 3 rings (SSSR count). The molecule has 0 bridgehead atoms. The first kappa shape index (κ1) is 18.1. The maximum absolute atomic E-state index is 12.2. The van der Waals surface area contributed by atoms with Gasteiger partial charge in [0.05, 0.1) is 0 Å². The van der Waals surface area contributed by atoms with Crippen LogP contribution in [0.2, 0.25) is 0 Å². The van der Waals surface area contributed by atoms with Crippen LogP contribution in [0.4, 0.5) is 5.82 Å². The number of hydrogen-bond acceptors (Lipinski definition) is 6. The van der Waals surface area contributed by atoms with Gasteiger partial charge in [-0.3, -0.25) is 4.79 Å². The number of aliphatic hydroxyl groups is 1. The van der Waals surface area contributed by atoms with Gasteiger partial charge >= 0.3 is 0 Å². The average Bonchev–Trinajstić information content (AvgIpc) is 3.09. The van der Waals surface area contributed by atoms with E-state index in [1.54, 1.807) is 0 Å². The Labute approximate surface area is 148 Å². The highest BCUT2D eigenvalue weighted by atomic mass is 16.5. The molecule has 0 saturated carbocycles. The van der Waals surface area contributed by atoms with E-state index in [0.717, 1.165) is 57.0 Å². The van der Waals surface area contributed by atoms with Gasteiger partial charge in [-0.1, -0.05) is 0 Å². The molecule has 138 valence electrons. The van der Waals surface area contributed by atoms with Crippen molar-refractivity contribution in [3.8, 4) is 0 Å². The maximum Gasteiger partial charge on any atom is 0.220 e. The second kappa shape index (κ2) is 8.58. The predicted octanol–water partition coefficient (Wildman–Crippen LogP) is 1.18. The zero-order chi connectivity index (χ0) is 17.6. The lowest BCUT2D eigenvalue weighted by Crippen LogP contribution is -2.41. The van der Waals surface area contributed by atoms with E-state index in [1.165, 1.54) is 0 Å². The number of rotatable bonds is 6. The fourth-order valence-corrected chi connectivity index (χ4v) is 3.70. The number of anilines is 1. The van der Waals surface area contributed by atoms with Gasteiger partial charge in [0.2, 0.25) is 5.91 Å². The molecule has 1 unspecified atom stereocenters. The molecule has 0 radical (unpaired) electrons. The first-order chi connectivity index (χ1) is 12.2. The Morgan fingerprint density at radius 2 is 2.16 bits per heavy atom. The molecule has 0 aromatic carbocycles. The smallest absolute Gasteiger partial charge is 0.220 e. The van der Waals surface area contributed by atoms with Gasteiger partial charge in [0.15, 0.2) is 5.82 Å². The highest BCUT2D eigenvalue weighted by Crippen LogP contribution is 2.24. The van der Waals surface area contributed by atoms with E-state index < -0.39 is 0 Å². The lowest BCUT2D eigenvalue weighted by Gasteiger charge is -2.27. The van der Waals surface area contributed by atoms with Crippen molar-refractivity contribution in [1.82, 2.24) is 15.3 Å². The van der Waals surface area contributed by atoms with Gasteiger partial charge in [-0.15, -0.1) is 0 Å². The van der Waals surface area contributed by atoms with Crippen LogP contribution in [0.1, 0.15) is 43.6 Å². The number of amides is 1. The average molecular weight is 348 g/mol. The summed E-state index contributed by atoms with van der Waals surface area (Å²) in [5.41, 5.74) is 0.850. The molecule has 7 heteroatoms. The van der Waals surface area contributed by atoms with E-state index >= 15 is 0 Å². The molecule has 2 aliphatic rings. The van der Waals surface area contributed by atoms with Crippen LogP contribution in [-0.2, 0) is 16.1 Å². The molecule has 1 aromatic heterocycles. The lowest BCUT2D eigenvalue weighted by atomic mass is 9.96. The summed E-state index contributed by atoms with van der Waals surface area (Å²) in [5, 5.41) is 12.4. The largest absolute Gasteiger partial charge is 0.388 e. The van der Waals surface area contributed by atoms with Crippen molar-refractivity contribution in [2.75, 3.05) is 31.2 Å². The molecular formula is C18H28N4O3. The van der Waals surface area contributed by atoms with Gasteiger partial charge in [0.1, 0.15) is 12.4 Å². The second-order valence-electron chi connectivity index (χ2n) is 7.00. The SMILES string of the molecule is Cc1cc(N2CCCC2CNC(=O)CC2CCOCC2)nc(CO)n1. The Morgan fingerprint density at radius 3 is 2.92 bits per heavy atom. The molecule has 2 fully saturated rings. The van der Waals surface area contributed by atoms with Gasteiger partial charge < -0.3 is 20.1 Å². The van der Waals surface area contributed by atoms with Crippen molar-refractivity contribution in [2.45, 2.75) is 51.7 Å². The minimum absolute atomic E-state index is 0.133. The van der Waals surface area contributed by atoms with Gasteiger partial charge in [-0.25, -0.2) is 9.97 Å². The number of ether oxygens (including phenoxy) is 1. The van der Waals surface area contributed by atoms with Crippen LogP contribution in [0.15, 0.2) is 6.07 Å². The lowest BCUT2D eigenvalue weighted by molar-refractivity contribution is -0.122. The summed E-state index contributed by atoms with van der Waals surface area (Å²) >= 11 is 0. The van der Waals surface area contributed by atoms with Crippen LogP contribution in [0, 0.1) is 12.8 Å². The summed E-state index contributed by atoms with van der Waals surface area (Å²) in [4.78, 5) is 23.1. The van der Waals surface area contributed by atoms with E-state index in [4.69, 9.17) is 4.74 Å². The summed E-state index contributed by atoms with van der Waals surface area (Å²) < 4.78 is 5.35. The molecule has 1 aromatic rings. The van der Waals surface area contributed by atoms with Crippen LogP contribution in [0.25, 0.3) is 0 Å². The van der Waals surface area contributed by atoms with E-state index in [2.05, 4.69) is 20.2 Å². The Balaban J connectivity index is 1.54. The number of carbonyl (C=O) groups is 1. The van der Waals surface area contributed by atoms with Gasteiger partial charge in [0, 0.05) is 50.5 Å². The summed E-state index contributed by atoms with van der Waals surface area (Å²) in [6, 6.07) is 2.20. The van der Waals surface area contributed by atoms with Crippen molar-refractivity contribution in [3.05, 3.63) is 17.6 Å². The summed E-state index contributed by atoms with van der Waals surface area (Å²) in [6.07, 6.45) is 4.67. The summed E-state index contributed by atoms with van der Waals surface area (Å²) in [7, 11) is 0. The monoisotopic (exact) mass is 348 g/mol. The van der Waals surface area contributed by atoms with Crippen LogP contribution in [0.5, 0.6) is 0 Å². The first-order valence-corrected chi connectivity index (χ1v) is 9.22. The molecule has 0 spiro atoms. The zero-order valence-corrected chi connectivity index (χ0v) is 14.9. The fourth-order valence-electron chi connectivity index (χ4n) is 3.70. The van der Waals surface area contributed by atoms with Gasteiger partial charge in [-0.2, -0.15) is 0 Å². The van der Waals surface area contributed by atoms with Crippen LogP contribution >= 0.6 is 0 Å². The Kier molecular flexibility index (Phi) is 6.20. The van der Waals surface area contributed by atoms with E-state index in [0.29, 0.717) is 24.7 Å². The second-order valence-corrected chi connectivity index (χ2v) is 7.00. The molecule has 2 aliphatic heterocycles. The Bertz CT molecular complexity index is 590. The maximum atomic E-state index is 12.2. The van der Waals surface area contributed by atoms with Gasteiger partial charge in [0.25, 0.3) is 0 Å². The summed E-state index contributed by atoms with van der Waals surface area (Å²) in [6.45, 7) is 4.85. The minimum Gasteiger partial charge on any atom is -0.388 e. The third kappa shape index (κ3) is 4.89. The number of aryl methyl sites for hydroxylation is 1. The quantitative estimate of drug-likeness (QED) is 0.803. The molecule has 7 nitrogen and oxygen atoms in total. The predicted molar refractivity (Wildman–Crippen MR) is 94.2 cm³/mol. The molecule has 0 aliphatic carbocycles. The van der Waals surface area contributed by atoms with E-state index in [-0.39, 0.29) is 18.6 Å². The molecule has 2 N–H and O–H groups in total. The van der Waals surface area contributed by atoms with Gasteiger partial charge in [-0.05, 0) is 38.5 Å².